The first kappa shape index (κ1) is 12.7. The first-order chi connectivity index (χ1) is 7.44. The van der Waals surface area contributed by atoms with E-state index in [0.717, 1.165) is 5.56 Å². The second-order valence-electron chi connectivity index (χ2n) is 4.59. The molecule has 1 aromatic rings. The second-order valence-corrected chi connectivity index (χ2v) is 4.59. The highest BCUT2D eigenvalue weighted by molar-refractivity contribution is 5.88. The normalized spacial score (nSPS) is 11.5. The monoisotopic (exact) mass is 225 g/mol. The molecule has 1 heterocycles. The van der Waals surface area contributed by atoms with Gasteiger partial charge in [0, 0.05) is 17.6 Å². The Morgan fingerprint density at radius 2 is 2.25 bits per heavy atom. The number of hydrogen-bond acceptors (Lipinski definition) is 4. The first-order valence-corrected chi connectivity index (χ1v) is 5.38. The number of aromatic nitrogens is 2. The minimum Gasteiger partial charge on any atom is -0.461 e. The molecule has 5 nitrogen and oxygen atoms in total. The molecule has 2 N–H and O–H groups in total. The van der Waals surface area contributed by atoms with Crippen LogP contribution in [-0.2, 0) is 11.3 Å². The Kier molecular flexibility index (Phi) is 4.06. The number of hydrogen-bond donors (Lipinski definition) is 2. The molecule has 0 radical (unpaired) electrons. The van der Waals surface area contributed by atoms with E-state index in [0.29, 0.717) is 18.8 Å². The van der Waals surface area contributed by atoms with E-state index in [9.17, 15) is 4.79 Å². The van der Waals surface area contributed by atoms with Crippen LogP contribution in [0.4, 0.5) is 0 Å². The Hall–Kier alpha value is -1.36. The summed E-state index contributed by atoms with van der Waals surface area (Å²) < 4.78 is 4.92. The Bertz CT molecular complexity index is 352. The minimum absolute atomic E-state index is 0.00318. The number of ether oxygens (including phenoxy) is 1. The number of esters is 1. The molecular formula is C11H19N3O2. The van der Waals surface area contributed by atoms with Gasteiger partial charge in [-0.05, 0) is 27.7 Å². The summed E-state index contributed by atoms with van der Waals surface area (Å²) in [5.41, 5.74) is 1.26. The fourth-order valence-corrected chi connectivity index (χ4v) is 1.19. The summed E-state index contributed by atoms with van der Waals surface area (Å²) in [7, 11) is 0. The number of rotatable bonds is 4. The molecular weight excluding hydrogens is 206 g/mol. The zero-order chi connectivity index (χ0) is 12.2. The van der Waals surface area contributed by atoms with Crippen LogP contribution >= 0.6 is 0 Å². The first-order valence-electron chi connectivity index (χ1n) is 5.38. The van der Waals surface area contributed by atoms with Crippen LogP contribution in [0.15, 0.2) is 6.20 Å². The third kappa shape index (κ3) is 3.66. The van der Waals surface area contributed by atoms with Crippen LogP contribution in [0.5, 0.6) is 0 Å². The van der Waals surface area contributed by atoms with Gasteiger partial charge in [-0.3, -0.25) is 5.10 Å². The zero-order valence-corrected chi connectivity index (χ0v) is 10.3. The number of nitrogens with zero attached hydrogens (tertiary/aromatic N) is 1. The van der Waals surface area contributed by atoms with Gasteiger partial charge in [-0.2, -0.15) is 5.10 Å². The average molecular weight is 225 g/mol. The average Bonchev–Trinajstić information content (AvgIpc) is 2.61. The summed E-state index contributed by atoms with van der Waals surface area (Å²) in [6.45, 7) is 8.94. The van der Waals surface area contributed by atoms with Crippen LogP contribution in [0.2, 0.25) is 0 Å². The Morgan fingerprint density at radius 1 is 1.56 bits per heavy atom. The summed E-state index contributed by atoms with van der Waals surface area (Å²) in [6, 6.07) is 0. The van der Waals surface area contributed by atoms with Gasteiger partial charge in [-0.25, -0.2) is 4.79 Å². The number of aromatic amines is 1. The van der Waals surface area contributed by atoms with Gasteiger partial charge in [-0.15, -0.1) is 0 Å². The largest absolute Gasteiger partial charge is 0.461 e. The Morgan fingerprint density at radius 3 is 2.81 bits per heavy atom. The van der Waals surface area contributed by atoms with Crippen molar-refractivity contribution in [1.29, 1.82) is 0 Å². The van der Waals surface area contributed by atoms with Crippen molar-refractivity contribution in [3.63, 3.8) is 0 Å². The lowest BCUT2D eigenvalue weighted by Gasteiger charge is -2.20. The Balaban J connectivity index is 2.67. The standard InChI is InChI=1S/C11H19N3O2/c1-5-16-10(15)9-8(7-13-14-9)6-12-11(2,3)4/h7,12H,5-6H2,1-4H3,(H,13,14). The lowest BCUT2D eigenvalue weighted by atomic mass is 10.1. The number of carbonyl (C=O) groups excluding carboxylic acids is 1. The number of carbonyl (C=O) groups is 1. The Labute approximate surface area is 95.6 Å². The smallest absolute Gasteiger partial charge is 0.356 e. The van der Waals surface area contributed by atoms with Crippen LogP contribution in [0.1, 0.15) is 43.7 Å². The van der Waals surface area contributed by atoms with E-state index < -0.39 is 0 Å². The second kappa shape index (κ2) is 5.12. The van der Waals surface area contributed by atoms with Gasteiger partial charge in [0.25, 0.3) is 0 Å². The fraction of sp³-hybridized carbons (Fsp3) is 0.636. The van der Waals surface area contributed by atoms with Crippen molar-refractivity contribution >= 4 is 5.97 Å². The molecule has 0 fully saturated rings. The highest BCUT2D eigenvalue weighted by Gasteiger charge is 2.16. The third-order valence-corrected chi connectivity index (χ3v) is 2.01. The van der Waals surface area contributed by atoms with E-state index in [4.69, 9.17) is 4.74 Å². The third-order valence-electron chi connectivity index (χ3n) is 2.01. The van der Waals surface area contributed by atoms with Gasteiger partial charge >= 0.3 is 5.97 Å². The van der Waals surface area contributed by atoms with E-state index in [1.807, 2.05) is 0 Å². The maximum Gasteiger partial charge on any atom is 0.356 e. The SMILES string of the molecule is CCOC(=O)c1[nH]ncc1CNC(C)(C)C. The molecule has 0 aliphatic carbocycles. The van der Waals surface area contributed by atoms with Gasteiger partial charge in [0.1, 0.15) is 5.69 Å². The topological polar surface area (TPSA) is 67.0 Å². The van der Waals surface area contributed by atoms with Gasteiger partial charge < -0.3 is 10.1 Å². The van der Waals surface area contributed by atoms with E-state index in [-0.39, 0.29) is 11.5 Å². The molecule has 0 spiro atoms. The van der Waals surface area contributed by atoms with Gasteiger partial charge in [0.15, 0.2) is 0 Å². The van der Waals surface area contributed by atoms with Crippen LogP contribution in [0.25, 0.3) is 0 Å². The summed E-state index contributed by atoms with van der Waals surface area (Å²) in [6.07, 6.45) is 1.64. The fourth-order valence-electron chi connectivity index (χ4n) is 1.19. The maximum atomic E-state index is 11.5. The van der Waals surface area contributed by atoms with E-state index >= 15 is 0 Å². The zero-order valence-electron chi connectivity index (χ0n) is 10.3. The number of H-pyrrole nitrogens is 1. The molecule has 0 atom stereocenters. The summed E-state index contributed by atoms with van der Waals surface area (Å²) >= 11 is 0. The molecule has 0 saturated carbocycles. The number of nitrogens with one attached hydrogen (secondary N) is 2. The molecule has 1 aromatic heterocycles. The molecule has 0 aliphatic heterocycles. The minimum atomic E-state index is -0.356. The summed E-state index contributed by atoms with van der Waals surface area (Å²) in [5.74, 6) is -0.356. The van der Waals surface area contributed by atoms with Crippen molar-refractivity contribution in [3.8, 4) is 0 Å². The van der Waals surface area contributed by atoms with Gasteiger partial charge in [0.2, 0.25) is 0 Å². The quantitative estimate of drug-likeness (QED) is 0.761. The van der Waals surface area contributed by atoms with Crippen molar-refractivity contribution < 1.29 is 9.53 Å². The van der Waals surface area contributed by atoms with Crippen molar-refractivity contribution in [1.82, 2.24) is 15.5 Å². The van der Waals surface area contributed by atoms with Crippen molar-refractivity contribution in [2.75, 3.05) is 6.61 Å². The van der Waals surface area contributed by atoms with Crippen molar-refractivity contribution in [2.45, 2.75) is 39.8 Å². The molecule has 0 bridgehead atoms. The van der Waals surface area contributed by atoms with Crippen LogP contribution in [0.3, 0.4) is 0 Å². The summed E-state index contributed by atoms with van der Waals surface area (Å²) in [4.78, 5) is 11.5. The highest BCUT2D eigenvalue weighted by Crippen LogP contribution is 2.08. The van der Waals surface area contributed by atoms with Crippen LogP contribution in [0, 0.1) is 0 Å². The van der Waals surface area contributed by atoms with Crippen molar-refractivity contribution in [3.05, 3.63) is 17.5 Å². The lowest BCUT2D eigenvalue weighted by Crippen LogP contribution is -2.35. The summed E-state index contributed by atoms with van der Waals surface area (Å²) in [5, 5.41) is 9.82. The molecule has 0 aliphatic rings. The van der Waals surface area contributed by atoms with Gasteiger partial charge in [-0.1, -0.05) is 0 Å². The molecule has 16 heavy (non-hydrogen) atoms. The molecule has 0 unspecified atom stereocenters. The van der Waals surface area contributed by atoms with E-state index in [2.05, 4.69) is 36.3 Å². The van der Waals surface area contributed by atoms with E-state index in [1.54, 1.807) is 13.1 Å². The molecule has 90 valence electrons. The maximum absolute atomic E-state index is 11.5. The highest BCUT2D eigenvalue weighted by atomic mass is 16.5. The molecule has 5 heteroatoms. The molecule has 0 saturated heterocycles. The van der Waals surface area contributed by atoms with E-state index in [1.165, 1.54) is 0 Å². The van der Waals surface area contributed by atoms with Gasteiger partial charge in [0.05, 0.1) is 12.8 Å². The molecule has 0 amide bonds. The molecule has 0 aromatic carbocycles. The lowest BCUT2D eigenvalue weighted by molar-refractivity contribution is 0.0518. The predicted octanol–water partition coefficient (Wildman–Crippen LogP) is 1.47. The van der Waals surface area contributed by atoms with Crippen LogP contribution in [-0.4, -0.2) is 28.3 Å². The predicted molar refractivity (Wildman–Crippen MR) is 61.1 cm³/mol. The van der Waals surface area contributed by atoms with Crippen LogP contribution < -0.4 is 5.32 Å². The molecule has 1 rings (SSSR count). The van der Waals surface area contributed by atoms with Crippen molar-refractivity contribution in [2.24, 2.45) is 0 Å².